The second kappa shape index (κ2) is 9.49. The van der Waals surface area contributed by atoms with Gasteiger partial charge in [-0.3, -0.25) is 0 Å². The highest BCUT2D eigenvalue weighted by molar-refractivity contribution is 5.67. The molecule has 1 saturated heterocycles. The summed E-state index contributed by atoms with van der Waals surface area (Å²) in [5.74, 6) is 0.772. The van der Waals surface area contributed by atoms with Crippen molar-refractivity contribution in [1.82, 2.24) is 0 Å². The van der Waals surface area contributed by atoms with E-state index in [0.29, 0.717) is 13.2 Å². The van der Waals surface area contributed by atoms with Gasteiger partial charge in [-0.15, -0.1) is 13.2 Å². The topological polar surface area (TPSA) is 36.9 Å². The van der Waals surface area contributed by atoms with E-state index in [1.807, 2.05) is 18.2 Å². The van der Waals surface area contributed by atoms with Crippen LogP contribution in [0.4, 0.5) is 13.2 Å². The van der Waals surface area contributed by atoms with Crippen LogP contribution in [-0.2, 0) is 9.47 Å². The van der Waals surface area contributed by atoms with E-state index < -0.39 is 6.36 Å². The Labute approximate surface area is 180 Å². The van der Waals surface area contributed by atoms with E-state index in [1.165, 1.54) is 25.0 Å². The van der Waals surface area contributed by atoms with Crippen LogP contribution in [-0.4, -0.2) is 32.3 Å². The third-order valence-electron chi connectivity index (χ3n) is 5.75. The highest BCUT2D eigenvalue weighted by Crippen LogP contribution is 2.44. The molecule has 0 amide bonds. The maximum absolute atomic E-state index is 12.3. The molecule has 0 N–H and O–H groups in total. The smallest absolute Gasteiger partial charge is 0.493 e. The number of benzene rings is 2. The average molecular weight is 436 g/mol. The van der Waals surface area contributed by atoms with Gasteiger partial charge in [0.05, 0.1) is 25.4 Å². The van der Waals surface area contributed by atoms with Crippen LogP contribution in [0.15, 0.2) is 42.5 Å². The quantitative estimate of drug-likeness (QED) is 0.478. The highest BCUT2D eigenvalue weighted by atomic mass is 19.4. The molecule has 0 radical (unpaired) electrons. The molecular formula is C24H27F3O4. The fourth-order valence-corrected chi connectivity index (χ4v) is 4.21. The van der Waals surface area contributed by atoms with Gasteiger partial charge >= 0.3 is 6.36 Å². The van der Waals surface area contributed by atoms with Crippen molar-refractivity contribution in [2.75, 3.05) is 19.8 Å². The SMILES string of the molecule is CCCCCOC1CO[C@H]2c3ccc(-c4ccc(OC(F)(F)F)cc4)cc3OC[C@@H]2C1. The van der Waals surface area contributed by atoms with Crippen molar-refractivity contribution in [3.63, 3.8) is 0 Å². The van der Waals surface area contributed by atoms with Crippen molar-refractivity contribution >= 4 is 0 Å². The Morgan fingerprint density at radius 2 is 1.77 bits per heavy atom. The lowest BCUT2D eigenvalue weighted by molar-refractivity contribution is -0.274. The molecule has 2 aromatic rings. The minimum Gasteiger partial charge on any atom is -0.493 e. The van der Waals surface area contributed by atoms with Crippen molar-refractivity contribution in [2.24, 2.45) is 5.92 Å². The molecule has 0 aromatic heterocycles. The number of alkyl halides is 3. The number of hydrogen-bond donors (Lipinski definition) is 0. The van der Waals surface area contributed by atoms with Crippen LogP contribution in [0.2, 0.25) is 0 Å². The molecule has 0 saturated carbocycles. The molecule has 4 rings (SSSR count). The lowest BCUT2D eigenvalue weighted by atomic mass is 9.86. The van der Waals surface area contributed by atoms with E-state index in [1.54, 1.807) is 12.1 Å². The monoisotopic (exact) mass is 436 g/mol. The lowest BCUT2D eigenvalue weighted by Crippen LogP contribution is -2.39. The van der Waals surface area contributed by atoms with Gasteiger partial charge in [0.15, 0.2) is 0 Å². The molecule has 31 heavy (non-hydrogen) atoms. The van der Waals surface area contributed by atoms with Crippen LogP contribution >= 0.6 is 0 Å². The number of ether oxygens (including phenoxy) is 4. The Hall–Kier alpha value is -2.25. The van der Waals surface area contributed by atoms with Gasteiger partial charge in [-0.2, -0.15) is 0 Å². The Bertz CT molecular complexity index is 866. The molecule has 2 aromatic carbocycles. The van der Waals surface area contributed by atoms with Gasteiger partial charge < -0.3 is 18.9 Å². The Morgan fingerprint density at radius 3 is 2.52 bits per heavy atom. The second-order valence-corrected chi connectivity index (χ2v) is 8.09. The Kier molecular flexibility index (Phi) is 6.72. The summed E-state index contributed by atoms with van der Waals surface area (Å²) in [6.45, 7) is 4.09. The maximum atomic E-state index is 12.3. The predicted molar refractivity (Wildman–Crippen MR) is 110 cm³/mol. The molecule has 0 spiro atoms. The van der Waals surface area contributed by atoms with Crippen molar-refractivity contribution in [3.05, 3.63) is 48.0 Å². The Balaban J connectivity index is 1.41. The third kappa shape index (κ3) is 5.52. The van der Waals surface area contributed by atoms with Crippen molar-refractivity contribution in [1.29, 1.82) is 0 Å². The molecule has 0 bridgehead atoms. The van der Waals surface area contributed by atoms with Gasteiger partial charge in [-0.25, -0.2) is 0 Å². The second-order valence-electron chi connectivity index (χ2n) is 8.09. The Morgan fingerprint density at radius 1 is 1.00 bits per heavy atom. The van der Waals surface area contributed by atoms with Crippen molar-refractivity contribution < 1.29 is 32.1 Å². The first kappa shape index (κ1) is 22.0. The fourth-order valence-electron chi connectivity index (χ4n) is 4.21. The summed E-state index contributed by atoms with van der Waals surface area (Å²) in [5.41, 5.74) is 2.67. The summed E-state index contributed by atoms with van der Waals surface area (Å²) in [6.07, 6.45) is -0.262. The molecule has 4 nitrogen and oxygen atoms in total. The van der Waals surface area contributed by atoms with Crippen LogP contribution in [0.1, 0.15) is 44.3 Å². The van der Waals surface area contributed by atoms with Crippen LogP contribution in [0.3, 0.4) is 0 Å². The summed E-state index contributed by atoms with van der Waals surface area (Å²) in [4.78, 5) is 0. The minimum atomic E-state index is -4.70. The molecule has 2 aliphatic heterocycles. The molecule has 168 valence electrons. The van der Waals surface area contributed by atoms with Crippen LogP contribution in [0.25, 0.3) is 11.1 Å². The molecular weight excluding hydrogens is 409 g/mol. The number of fused-ring (bicyclic) bond motifs is 3. The van der Waals surface area contributed by atoms with Gasteiger partial charge in [0, 0.05) is 18.1 Å². The number of halogens is 3. The van der Waals surface area contributed by atoms with Gasteiger partial charge in [-0.05, 0) is 42.2 Å². The van der Waals surface area contributed by atoms with E-state index in [2.05, 4.69) is 11.7 Å². The fraction of sp³-hybridized carbons (Fsp3) is 0.500. The first-order chi connectivity index (χ1) is 14.9. The van der Waals surface area contributed by atoms with Crippen LogP contribution < -0.4 is 9.47 Å². The van der Waals surface area contributed by atoms with Gasteiger partial charge in [0.25, 0.3) is 0 Å². The summed E-state index contributed by atoms with van der Waals surface area (Å²) in [6, 6.07) is 11.7. The molecule has 2 aliphatic rings. The predicted octanol–water partition coefficient (Wildman–Crippen LogP) is 6.30. The zero-order valence-electron chi connectivity index (χ0n) is 17.5. The summed E-state index contributed by atoms with van der Waals surface area (Å²) >= 11 is 0. The normalized spacial score (nSPS) is 22.9. The van der Waals surface area contributed by atoms with Gasteiger partial charge in [-0.1, -0.05) is 44.0 Å². The largest absolute Gasteiger partial charge is 0.573 e. The number of unbranched alkanes of at least 4 members (excludes halogenated alkanes) is 2. The zero-order chi connectivity index (χ0) is 21.8. The zero-order valence-corrected chi connectivity index (χ0v) is 17.5. The first-order valence-electron chi connectivity index (χ1n) is 10.8. The average Bonchev–Trinajstić information content (AvgIpc) is 2.75. The highest BCUT2D eigenvalue weighted by Gasteiger charge is 2.38. The maximum Gasteiger partial charge on any atom is 0.573 e. The summed E-state index contributed by atoms with van der Waals surface area (Å²) < 4.78 is 59.1. The third-order valence-corrected chi connectivity index (χ3v) is 5.75. The van der Waals surface area contributed by atoms with E-state index >= 15 is 0 Å². The summed E-state index contributed by atoms with van der Waals surface area (Å²) in [5, 5.41) is 0. The minimum absolute atomic E-state index is 0.0177. The van der Waals surface area contributed by atoms with E-state index in [-0.39, 0.29) is 23.9 Å². The summed E-state index contributed by atoms with van der Waals surface area (Å²) in [7, 11) is 0. The van der Waals surface area contributed by atoms with Crippen LogP contribution in [0.5, 0.6) is 11.5 Å². The van der Waals surface area contributed by atoms with Crippen molar-refractivity contribution in [2.45, 2.75) is 51.2 Å². The van der Waals surface area contributed by atoms with E-state index in [4.69, 9.17) is 14.2 Å². The van der Waals surface area contributed by atoms with Crippen LogP contribution in [0, 0.1) is 5.92 Å². The molecule has 0 aliphatic carbocycles. The standard InChI is InChI=1S/C24H27F3O4/c1-2-3-4-11-28-20-12-18-14-29-22-13-17(7-10-21(22)23(18)30-15-20)16-5-8-19(9-6-16)31-24(25,26)27/h5-10,13,18,20,23H,2-4,11-12,14-15H2,1H3/t18-,20?,23+/m0/s1. The van der Waals surface area contributed by atoms with Gasteiger partial charge in [0.1, 0.15) is 11.5 Å². The molecule has 1 unspecified atom stereocenters. The molecule has 1 fully saturated rings. The number of rotatable bonds is 7. The molecule has 3 atom stereocenters. The number of hydrogen-bond acceptors (Lipinski definition) is 4. The van der Waals surface area contributed by atoms with E-state index in [0.717, 1.165) is 41.9 Å². The first-order valence-corrected chi connectivity index (χ1v) is 10.8. The molecule has 2 heterocycles. The van der Waals surface area contributed by atoms with E-state index in [9.17, 15) is 13.2 Å². The van der Waals surface area contributed by atoms with Crippen molar-refractivity contribution in [3.8, 4) is 22.6 Å². The molecule has 7 heteroatoms. The van der Waals surface area contributed by atoms with Gasteiger partial charge in [0.2, 0.25) is 0 Å². The lowest BCUT2D eigenvalue weighted by Gasteiger charge is -2.40.